The first kappa shape index (κ1) is 18.9. The van der Waals surface area contributed by atoms with Gasteiger partial charge in [-0.15, -0.1) is 0 Å². The van der Waals surface area contributed by atoms with E-state index < -0.39 is 17.7 Å². The van der Waals surface area contributed by atoms with Crippen LogP contribution in [0.5, 0.6) is 5.75 Å². The number of hydrogen-bond donors (Lipinski definition) is 0. The van der Waals surface area contributed by atoms with Crippen molar-refractivity contribution in [2.45, 2.75) is 19.3 Å². The molecule has 4 nitrogen and oxygen atoms in total. The van der Waals surface area contributed by atoms with Gasteiger partial charge in [0.15, 0.2) is 5.78 Å². The Morgan fingerprint density at radius 2 is 1.84 bits per heavy atom. The topological polar surface area (TPSA) is 52.6 Å². The zero-order chi connectivity index (χ0) is 18.4. The van der Waals surface area contributed by atoms with Gasteiger partial charge in [-0.3, -0.25) is 9.59 Å². The number of methoxy groups -OCH3 is 1. The van der Waals surface area contributed by atoms with E-state index >= 15 is 0 Å². The van der Waals surface area contributed by atoms with Crippen LogP contribution in [0.25, 0.3) is 0 Å². The molecule has 1 unspecified atom stereocenters. The van der Waals surface area contributed by atoms with Crippen LogP contribution >= 0.6 is 11.6 Å². The molecule has 2 aromatic rings. The Balaban J connectivity index is 2.44. The highest BCUT2D eigenvalue weighted by atomic mass is 35.5. The minimum atomic E-state index is -0.855. The number of carbonyl (C=O) groups is 2. The molecule has 0 aromatic heterocycles. The van der Waals surface area contributed by atoms with Crippen molar-refractivity contribution in [2.75, 3.05) is 13.7 Å². The smallest absolute Gasteiger partial charge is 0.306 e. The molecule has 2 rings (SSSR count). The van der Waals surface area contributed by atoms with Crippen LogP contribution in [0.4, 0.5) is 4.39 Å². The monoisotopic (exact) mass is 364 g/mol. The van der Waals surface area contributed by atoms with Gasteiger partial charge >= 0.3 is 5.97 Å². The molecule has 0 aliphatic rings. The maximum atomic E-state index is 13.1. The largest absolute Gasteiger partial charge is 0.497 e. The van der Waals surface area contributed by atoms with Crippen molar-refractivity contribution in [3.05, 3.63) is 64.4 Å². The molecule has 0 saturated carbocycles. The quantitative estimate of drug-likeness (QED) is 0.539. The van der Waals surface area contributed by atoms with Crippen molar-refractivity contribution in [3.8, 4) is 5.75 Å². The van der Waals surface area contributed by atoms with Gasteiger partial charge in [-0.1, -0.05) is 11.6 Å². The Morgan fingerprint density at radius 3 is 2.44 bits per heavy atom. The lowest BCUT2D eigenvalue weighted by molar-refractivity contribution is -0.143. The van der Waals surface area contributed by atoms with Gasteiger partial charge in [0.25, 0.3) is 0 Å². The number of ketones is 1. The summed E-state index contributed by atoms with van der Waals surface area (Å²) >= 11 is 6.25. The van der Waals surface area contributed by atoms with Crippen molar-refractivity contribution in [2.24, 2.45) is 0 Å². The molecule has 0 aliphatic heterocycles. The van der Waals surface area contributed by atoms with Crippen molar-refractivity contribution in [3.63, 3.8) is 0 Å². The minimum absolute atomic E-state index is 0.170. The van der Waals surface area contributed by atoms with E-state index in [0.717, 1.165) is 0 Å². The Morgan fingerprint density at radius 1 is 1.16 bits per heavy atom. The molecule has 6 heteroatoms. The van der Waals surface area contributed by atoms with Crippen LogP contribution in [-0.4, -0.2) is 25.5 Å². The van der Waals surface area contributed by atoms with Gasteiger partial charge in [-0.05, 0) is 55.0 Å². The predicted octanol–water partition coefficient (Wildman–Crippen LogP) is 4.41. The number of esters is 1. The first-order valence-corrected chi connectivity index (χ1v) is 8.13. The summed E-state index contributed by atoms with van der Waals surface area (Å²) in [6.45, 7) is 1.90. The van der Waals surface area contributed by atoms with Gasteiger partial charge < -0.3 is 9.47 Å². The molecule has 0 spiro atoms. The highest BCUT2D eigenvalue weighted by molar-refractivity contribution is 6.31. The van der Waals surface area contributed by atoms with Crippen molar-refractivity contribution >= 4 is 23.4 Å². The summed E-state index contributed by atoms with van der Waals surface area (Å²) in [6, 6.07) is 10.0. The fourth-order valence-corrected chi connectivity index (χ4v) is 2.71. The minimum Gasteiger partial charge on any atom is -0.497 e. The Kier molecular flexibility index (Phi) is 6.53. The van der Waals surface area contributed by atoms with Crippen LogP contribution in [0.1, 0.15) is 35.2 Å². The van der Waals surface area contributed by atoms with Crippen molar-refractivity contribution < 1.29 is 23.5 Å². The van der Waals surface area contributed by atoms with E-state index in [1.54, 1.807) is 25.1 Å². The summed E-state index contributed by atoms with van der Waals surface area (Å²) in [5, 5.41) is 0.338. The summed E-state index contributed by atoms with van der Waals surface area (Å²) < 4.78 is 23.3. The molecule has 0 fully saturated rings. The molecule has 1 atom stereocenters. The fraction of sp³-hybridized carbons (Fsp3) is 0.263. The molecule has 0 bridgehead atoms. The number of Topliss-reactive ketones (excluding diaryl/α,β-unsaturated/α-hetero) is 1. The number of carbonyl (C=O) groups excluding carboxylic acids is 2. The third-order valence-corrected chi connectivity index (χ3v) is 4.04. The highest BCUT2D eigenvalue weighted by Gasteiger charge is 2.28. The second kappa shape index (κ2) is 8.62. The van der Waals surface area contributed by atoms with Crippen molar-refractivity contribution in [1.29, 1.82) is 0 Å². The first-order chi connectivity index (χ1) is 12.0. The van der Waals surface area contributed by atoms with E-state index in [1.807, 2.05) is 0 Å². The van der Waals surface area contributed by atoms with Gasteiger partial charge in [-0.25, -0.2) is 4.39 Å². The van der Waals surface area contributed by atoms with Crippen LogP contribution in [-0.2, 0) is 9.53 Å². The summed E-state index contributed by atoms with van der Waals surface area (Å²) in [5.74, 6) is -1.64. The van der Waals surface area contributed by atoms with Gasteiger partial charge in [0.1, 0.15) is 11.6 Å². The molecule has 0 heterocycles. The van der Waals surface area contributed by atoms with E-state index in [4.69, 9.17) is 21.1 Å². The second-order valence-electron chi connectivity index (χ2n) is 5.32. The molecule has 0 amide bonds. The average Bonchev–Trinajstić information content (AvgIpc) is 2.61. The van der Waals surface area contributed by atoms with E-state index in [0.29, 0.717) is 16.3 Å². The van der Waals surface area contributed by atoms with Gasteiger partial charge in [-0.2, -0.15) is 0 Å². The standard InChI is InChI=1S/C19H18ClFO4/c1-3-25-18(22)11-16(15-10-14(24-2)8-9-17(15)20)19(23)12-4-6-13(21)7-5-12/h4-10,16H,3,11H2,1-2H3. The number of hydrogen-bond acceptors (Lipinski definition) is 4. The predicted molar refractivity (Wildman–Crippen MR) is 92.7 cm³/mol. The molecule has 0 N–H and O–H groups in total. The van der Waals surface area contributed by atoms with Crippen LogP contribution in [0.15, 0.2) is 42.5 Å². The second-order valence-corrected chi connectivity index (χ2v) is 5.73. The molecule has 0 aliphatic carbocycles. The van der Waals surface area contributed by atoms with E-state index in [9.17, 15) is 14.0 Å². The fourth-order valence-electron chi connectivity index (χ4n) is 2.46. The normalized spacial score (nSPS) is 11.7. The zero-order valence-electron chi connectivity index (χ0n) is 13.9. The van der Waals surface area contributed by atoms with Gasteiger partial charge in [0.2, 0.25) is 0 Å². The lowest BCUT2D eigenvalue weighted by Crippen LogP contribution is -2.19. The van der Waals surface area contributed by atoms with Gasteiger partial charge in [0.05, 0.1) is 26.1 Å². The average molecular weight is 365 g/mol. The Hall–Kier alpha value is -2.40. The summed E-state index contributed by atoms with van der Waals surface area (Å²) in [5.41, 5.74) is 0.748. The lowest BCUT2D eigenvalue weighted by Gasteiger charge is -2.18. The first-order valence-electron chi connectivity index (χ1n) is 7.75. The van der Waals surface area contributed by atoms with Gasteiger partial charge in [0, 0.05) is 10.6 Å². The molecule has 0 saturated heterocycles. The molecule has 132 valence electrons. The lowest BCUT2D eigenvalue weighted by atomic mass is 9.87. The zero-order valence-corrected chi connectivity index (χ0v) is 14.7. The number of ether oxygens (including phenoxy) is 2. The third kappa shape index (κ3) is 4.79. The SMILES string of the molecule is CCOC(=O)CC(C(=O)c1ccc(F)cc1)c1cc(OC)ccc1Cl. The number of rotatable bonds is 7. The summed E-state index contributed by atoms with van der Waals surface area (Å²) in [6.07, 6.45) is -0.170. The molecule has 0 radical (unpaired) electrons. The Labute approximate surface area is 150 Å². The van der Waals surface area contributed by atoms with E-state index in [-0.39, 0.29) is 24.4 Å². The molecule has 2 aromatic carbocycles. The molecule has 25 heavy (non-hydrogen) atoms. The number of benzene rings is 2. The number of halogens is 2. The van der Waals surface area contributed by atoms with Crippen LogP contribution in [0.3, 0.4) is 0 Å². The van der Waals surface area contributed by atoms with E-state index in [2.05, 4.69) is 0 Å². The van der Waals surface area contributed by atoms with E-state index in [1.165, 1.54) is 31.4 Å². The maximum Gasteiger partial charge on any atom is 0.306 e. The van der Waals surface area contributed by atoms with Crippen LogP contribution < -0.4 is 4.74 Å². The highest BCUT2D eigenvalue weighted by Crippen LogP contribution is 2.33. The Bertz CT molecular complexity index is 759. The molecular formula is C19H18ClFO4. The summed E-state index contributed by atoms with van der Waals surface area (Å²) in [4.78, 5) is 24.9. The third-order valence-electron chi connectivity index (χ3n) is 3.70. The molecular weight excluding hydrogens is 347 g/mol. The maximum absolute atomic E-state index is 13.1. The summed E-state index contributed by atoms with van der Waals surface area (Å²) in [7, 11) is 1.50. The van der Waals surface area contributed by atoms with Crippen LogP contribution in [0.2, 0.25) is 5.02 Å². The van der Waals surface area contributed by atoms with Crippen LogP contribution in [0, 0.1) is 5.82 Å². The van der Waals surface area contributed by atoms with Crippen molar-refractivity contribution in [1.82, 2.24) is 0 Å².